The molecule has 7 nitrogen and oxygen atoms in total. The number of hydrogen-bond donors (Lipinski definition) is 1. The van der Waals surface area contributed by atoms with E-state index in [1.165, 1.54) is 24.1 Å². The predicted octanol–water partition coefficient (Wildman–Crippen LogP) is 4.43. The summed E-state index contributed by atoms with van der Waals surface area (Å²) < 4.78 is 37.8. The minimum Gasteiger partial charge on any atom is -0.502 e. The van der Waals surface area contributed by atoms with Crippen LogP contribution in [0.4, 0.5) is 5.69 Å². The first-order chi connectivity index (χ1) is 15.9. The van der Waals surface area contributed by atoms with E-state index in [0.29, 0.717) is 29.4 Å². The molecule has 4 rings (SSSR count). The van der Waals surface area contributed by atoms with Crippen molar-refractivity contribution in [2.24, 2.45) is 0 Å². The molecule has 3 aromatic carbocycles. The van der Waals surface area contributed by atoms with E-state index in [1.54, 1.807) is 66.7 Å². The molecule has 3 aromatic rings. The largest absolute Gasteiger partial charge is 0.502 e. The number of methoxy groups -OCH3 is 1. The van der Waals surface area contributed by atoms with Gasteiger partial charge in [-0.05, 0) is 61.0 Å². The molecule has 33 heavy (non-hydrogen) atoms. The van der Waals surface area contributed by atoms with Crippen molar-refractivity contribution in [3.05, 3.63) is 95.1 Å². The number of benzene rings is 3. The van der Waals surface area contributed by atoms with Crippen molar-refractivity contribution in [2.75, 3.05) is 18.6 Å². The Hall–Kier alpha value is -3.78. The third-order valence-corrected chi connectivity index (χ3v) is 7.25. The topological polar surface area (TPSA) is 93.1 Å². The van der Waals surface area contributed by atoms with Crippen LogP contribution in [0.3, 0.4) is 0 Å². The molecule has 0 aromatic heterocycles. The maximum Gasteiger partial charge on any atom is 0.295 e. The Labute approximate surface area is 192 Å². The number of amides is 1. The third kappa shape index (κ3) is 4.05. The van der Waals surface area contributed by atoms with Gasteiger partial charge in [0, 0.05) is 5.69 Å². The molecule has 1 aliphatic heterocycles. The zero-order chi connectivity index (χ0) is 23.6. The van der Waals surface area contributed by atoms with Gasteiger partial charge in [0.05, 0.1) is 18.6 Å². The lowest BCUT2D eigenvalue weighted by Crippen LogP contribution is -2.31. The Morgan fingerprint density at radius 2 is 1.52 bits per heavy atom. The zero-order valence-electron chi connectivity index (χ0n) is 18.1. The van der Waals surface area contributed by atoms with Gasteiger partial charge in [0.25, 0.3) is 5.91 Å². The van der Waals surface area contributed by atoms with E-state index < -0.39 is 27.5 Å². The van der Waals surface area contributed by atoms with Crippen LogP contribution in [0.25, 0.3) is 0 Å². The van der Waals surface area contributed by atoms with Gasteiger partial charge in [-0.3, -0.25) is 9.69 Å². The van der Waals surface area contributed by atoms with Crippen LogP contribution in [0.5, 0.6) is 11.5 Å². The predicted molar refractivity (Wildman–Crippen MR) is 124 cm³/mol. The van der Waals surface area contributed by atoms with Crippen LogP contribution < -0.4 is 14.4 Å². The Bertz CT molecular complexity index is 1280. The summed E-state index contributed by atoms with van der Waals surface area (Å²) in [5, 5.41) is 10.8. The van der Waals surface area contributed by atoms with E-state index in [9.17, 15) is 18.3 Å². The van der Waals surface area contributed by atoms with Crippen LogP contribution in [-0.2, 0) is 14.6 Å². The second-order valence-electron chi connectivity index (χ2n) is 7.31. The highest BCUT2D eigenvalue weighted by molar-refractivity contribution is 7.95. The van der Waals surface area contributed by atoms with Crippen LogP contribution >= 0.6 is 0 Å². The van der Waals surface area contributed by atoms with E-state index in [2.05, 4.69) is 0 Å². The van der Waals surface area contributed by atoms with Crippen molar-refractivity contribution in [3.8, 4) is 11.5 Å². The number of anilines is 1. The van der Waals surface area contributed by atoms with E-state index in [1.807, 2.05) is 6.92 Å². The number of ether oxygens (including phenoxy) is 2. The lowest BCUT2D eigenvalue weighted by atomic mass is 10.1. The van der Waals surface area contributed by atoms with E-state index in [-0.39, 0.29) is 9.80 Å². The molecule has 0 spiro atoms. The summed E-state index contributed by atoms with van der Waals surface area (Å²) in [5.74, 6) is -0.401. The molecule has 1 N–H and O–H groups in total. The molecule has 170 valence electrons. The summed E-state index contributed by atoms with van der Waals surface area (Å²) in [5.41, 5.74) is 0.936. The van der Waals surface area contributed by atoms with Crippen LogP contribution in [-0.4, -0.2) is 33.1 Å². The quantitative estimate of drug-likeness (QED) is 0.555. The summed E-state index contributed by atoms with van der Waals surface area (Å²) in [6.45, 7) is 2.34. The fourth-order valence-electron chi connectivity index (χ4n) is 3.81. The van der Waals surface area contributed by atoms with Gasteiger partial charge in [0.1, 0.15) is 22.4 Å². The minimum absolute atomic E-state index is 0.00753. The highest BCUT2D eigenvalue weighted by atomic mass is 32.2. The number of aliphatic hydroxyl groups excluding tert-OH is 1. The number of hydrogen-bond acceptors (Lipinski definition) is 6. The number of carbonyl (C=O) groups is 1. The number of carbonyl (C=O) groups excluding carboxylic acids is 1. The van der Waals surface area contributed by atoms with Crippen LogP contribution in [0, 0.1) is 0 Å². The molecule has 0 radical (unpaired) electrons. The summed E-state index contributed by atoms with van der Waals surface area (Å²) in [6, 6.07) is 20.1. The van der Waals surface area contributed by atoms with Gasteiger partial charge in [-0.1, -0.05) is 30.3 Å². The molecule has 0 bridgehead atoms. The SMILES string of the molecule is CCOc1ccc([C@@H]2C(S(=O)(=O)c3ccccc3)=C(O)C(=O)N2c2ccc(OC)cc2)cc1. The Morgan fingerprint density at radius 1 is 0.909 bits per heavy atom. The molecule has 0 aliphatic carbocycles. The number of rotatable bonds is 7. The molecule has 1 aliphatic rings. The molecule has 0 fully saturated rings. The van der Waals surface area contributed by atoms with Gasteiger partial charge in [0.2, 0.25) is 9.84 Å². The monoisotopic (exact) mass is 465 g/mol. The first-order valence-corrected chi connectivity index (χ1v) is 11.8. The molecule has 0 unspecified atom stereocenters. The first kappa shape index (κ1) is 22.4. The number of nitrogens with zero attached hydrogens (tertiary/aromatic N) is 1. The van der Waals surface area contributed by atoms with Crippen LogP contribution in [0.1, 0.15) is 18.5 Å². The summed E-state index contributed by atoms with van der Waals surface area (Å²) >= 11 is 0. The van der Waals surface area contributed by atoms with Crippen molar-refractivity contribution in [1.29, 1.82) is 0 Å². The highest BCUT2D eigenvalue weighted by Gasteiger charge is 2.47. The first-order valence-electron chi connectivity index (χ1n) is 10.3. The van der Waals surface area contributed by atoms with Crippen LogP contribution in [0.2, 0.25) is 0 Å². The molecular formula is C25H23NO6S. The minimum atomic E-state index is -4.18. The number of aliphatic hydroxyl groups is 1. The fourth-order valence-corrected chi connectivity index (χ4v) is 5.45. The van der Waals surface area contributed by atoms with E-state index in [4.69, 9.17) is 9.47 Å². The molecule has 1 heterocycles. The Morgan fingerprint density at radius 3 is 2.09 bits per heavy atom. The fraction of sp³-hybridized carbons (Fsp3) is 0.160. The smallest absolute Gasteiger partial charge is 0.295 e. The Balaban J connectivity index is 1.89. The van der Waals surface area contributed by atoms with Gasteiger partial charge in [-0.15, -0.1) is 0 Å². The molecule has 0 saturated heterocycles. The average Bonchev–Trinajstić information content (AvgIpc) is 3.11. The lowest BCUT2D eigenvalue weighted by molar-refractivity contribution is -0.117. The third-order valence-electron chi connectivity index (χ3n) is 5.36. The molecular weight excluding hydrogens is 442 g/mol. The van der Waals surface area contributed by atoms with Crippen molar-refractivity contribution < 1.29 is 27.8 Å². The lowest BCUT2D eigenvalue weighted by Gasteiger charge is -2.27. The van der Waals surface area contributed by atoms with E-state index in [0.717, 1.165) is 0 Å². The average molecular weight is 466 g/mol. The van der Waals surface area contributed by atoms with Gasteiger partial charge in [0.15, 0.2) is 5.76 Å². The van der Waals surface area contributed by atoms with Crippen molar-refractivity contribution in [3.63, 3.8) is 0 Å². The van der Waals surface area contributed by atoms with Crippen molar-refractivity contribution in [2.45, 2.75) is 17.9 Å². The highest BCUT2D eigenvalue weighted by Crippen LogP contribution is 2.45. The van der Waals surface area contributed by atoms with Gasteiger partial charge in [-0.2, -0.15) is 0 Å². The number of sulfone groups is 1. The van der Waals surface area contributed by atoms with E-state index >= 15 is 0 Å². The van der Waals surface area contributed by atoms with Gasteiger partial charge < -0.3 is 14.6 Å². The molecule has 1 atom stereocenters. The Kier molecular flexibility index (Phi) is 6.11. The van der Waals surface area contributed by atoms with Gasteiger partial charge in [-0.25, -0.2) is 8.42 Å². The van der Waals surface area contributed by atoms with Crippen molar-refractivity contribution >= 4 is 21.4 Å². The maximum absolute atomic E-state index is 13.6. The van der Waals surface area contributed by atoms with Gasteiger partial charge >= 0.3 is 0 Å². The maximum atomic E-state index is 13.6. The summed E-state index contributed by atoms with van der Waals surface area (Å²) in [4.78, 5) is 14.1. The normalized spacial score (nSPS) is 16.2. The second-order valence-corrected chi connectivity index (χ2v) is 9.23. The summed E-state index contributed by atoms with van der Waals surface area (Å²) in [6.07, 6.45) is 0. The molecule has 8 heteroatoms. The molecule has 0 saturated carbocycles. The zero-order valence-corrected chi connectivity index (χ0v) is 19.0. The molecule has 1 amide bonds. The standard InChI is InChI=1S/C25H23NO6S/c1-3-32-20-13-9-17(10-14-20)22-24(33(29,30)21-7-5-4-6-8-21)23(27)25(28)26(22)18-11-15-19(31-2)16-12-18/h4-16,22,27H,3H2,1-2H3/t22-/m1/s1. The second kappa shape index (κ2) is 8.99. The summed E-state index contributed by atoms with van der Waals surface area (Å²) in [7, 11) is -2.66. The van der Waals surface area contributed by atoms with Crippen LogP contribution in [0.15, 0.2) is 94.4 Å². The van der Waals surface area contributed by atoms with Crippen molar-refractivity contribution in [1.82, 2.24) is 0 Å².